The summed E-state index contributed by atoms with van der Waals surface area (Å²) in [6.07, 6.45) is -6.05. The average molecular weight is 346 g/mol. The smallest absolute Gasteiger partial charge is 0.449 e. The number of ether oxygens (including phenoxy) is 2. The van der Waals surface area contributed by atoms with Crippen LogP contribution in [0.4, 0.5) is 18.0 Å². The van der Waals surface area contributed by atoms with Crippen LogP contribution in [-0.2, 0) is 9.53 Å². The first-order valence-corrected chi connectivity index (χ1v) is 6.83. The summed E-state index contributed by atoms with van der Waals surface area (Å²) < 4.78 is 44.8. The Hall–Kier alpha value is -2.78. The Bertz CT molecular complexity index is 645. The van der Waals surface area contributed by atoms with Gasteiger partial charge in [0.15, 0.2) is 6.10 Å². The molecule has 0 saturated carbocycles. The van der Waals surface area contributed by atoms with E-state index in [0.29, 0.717) is 6.54 Å². The van der Waals surface area contributed by atoms with Gasteiger partial charge in [-0.15, -0.1) is 13.2 Å². The lowest BCUT2D eigenvalue weighted by Crippen LogP contribution is -2.41. The van der Waals surface area contributed by atoms with Crippen LogP contribution in [0.15, 0.2) is 24.3 Å². The normalized spacial score (nSPS) is 15.7. The molecule has 0 spiro atoms. The van der Waals surface area contributed by atoms with Crippen LogP contribution in [0.3, 0.4) is 0 Å². The van der Waals surface area contributed by atoms with Crippen LogP contribution in [0.2, 0.25) is 0 Å². The molecule has 1 aromatic carbocycles. The van der Waals surface area contributed by atoms with Crippen molar-refractivity contribution in [3.63, 3.8) is 0 Å². The Morgan fingerprint density at radius 1 is 1.25 bits per heavy atom. The summed E-state index contributed by atoms with van der Waals surface area (Å²) in [4.78, 5) is 36.2. The lowest BCUT2D eigenvalue weighted by atomic mass is 10.2. The Labute approximate surface area is 134 Å². The quantitative estimate of drug-likeness (QED) is 0.839. The summed E-state index contributed by atoms with van der Waals surface area (Å²) >= 11 is 0. The highest BCUT2D eigenvalue weighted by atomic mass is 19.4. The van der Waals surface area contributed by atoms with Crippen molar-refractivity contribution in [1.29, 1.82) is 0 Å². The molecule has 24 heavy (non-hydrogen) atoms. The van der Waals surface area contributed by atoms with Gasteiger partial charge in [-0.2, -0.15) is 0 Å². The number of alkyl halides is 3. The van der Waals surface area contributed by atoms with E-state index in [1.165, 1.54) is 6.92 Å². The molecule has 0 unspecified atom stereocenters. The SMILES string of the molecule is C[C@H](OC(=O)c1ccc(OC(F)(F)F)cc1)C(=O)N1CCNC1=O. The van der Waals surface area contributed by atoms with Gasteiger partial charge in [0.2, 0.25) is 0 Å². The van der Waals surface area contributed by atoms with Crippen LogP contribution in [0, 0.1) is 0 Å². The monoisotopic (exact) mass is 346 g/mol. The van der Waals surface area contributed by atoms with Gasteiger partial charge in [0.05, 0.1) is 5.56 Å². The zero-order valence-electron chi connectivity index (χ0n) is 12.4. The van der Waals surface area contributed by atoms with Crippen molar-refractivity contribution in [3.8, 4) is 5.75 Å². The molecule has 1 aliphatic heterocycles. The molecule has 1 saturated heterocycles. The fraction of sp³-hybridized carbons (Fsp3) is 0.357. The number of rotatable bonds is 4. The number of nitrogens with zero attached hydrogens (tertiary/aromatic N) is 1. The van der Waals surface area contributed by atoms with Crippen molar-refractivity contribution >= 4 is 17.9 Å². The van der Waals surface area contributed by atoms with Crippen LogP contribution in [0.25, 0.3) is 0 Å². The predicted molar refractivity (Wildman–Crippen MR) is 73.1 cm³/mol. The van der Waals surface area contributed by atoms with Gasteiger partial charge in [-0.3, -0.25) is 9.69 Å². The lowest BCUT2D eigenvalue weighted by molar-refractivity contribution is -0.274. The van der Waals surface area contributed by atoms with E-state index in [2.05, 4.69) is 10.1 Å². The van der Waals surface area contributed by atoms with E-state index in [1.807, 2.05) is 0 Å². The van der Waals surface area contributed by atoms with Crippen LogP contribution in [0.5, 0.6) is 5.75 Å². The maximum absolute atomic E-state index is 12.1. The minimum Gasteiger partial charge on any atom is -0.449 e. The minimum atomic E-state index is -4.83. The predicted octanol–water partition coefficient (Wildman–Crippen LogP) is 1.68. The number of benzene rings is 1. The zero-order chi connectivity index (χ0) is 17.9. The first-order valence-electron chi connectivity index (χ1n) is 6.83. The molecule has 1 fully saturated rings. The van der Waals surface area contributed by atoms with Gasteiger partial charge in [0.1, 0.15) is 5.75 Å². The topological polar surface area (TPSA) is 84.9 Å². The number of urea groups is 1. The molecule has 0 aliphatic carbocycles. The molecule has 0 radical (unpaired) electrons. The highest BCUT2D eigenvalue weighted by Crippen LogP contribution is 2.23. The molecule has 0 bridgehead atoms. The van der Waals surface area contributed by atoms with Gasteiger partial charge in [-0.05, 0) is 31.2 Å². The minimum absolute atomic E-state index is 0.0601. The number of amides is 3. The third-order valence-electron chi connectivity index (χ3n) is 3.08. The number of imide groups is 1. The van der Waals surface area contributed by atoms with Crippen LogP contribution >= 0.6 is 0 Å². The van der Waals surface area contributed by atoms with Crippen molar-refractivity contribution in [2.45, 2.75) is 19.4 Å². The number of halogens is 3. The van der Waals surface area contributed by atoms with Crippen LogP contribution < -0.4 is 10.1 Å². The first-order chi connectivity index (χ1) is 11.2. The highest BCUT2D eigenvalue weighted by molar-refractivity contribution is 5.99. The van der Waals surface area contributed by atoms with E-state index in [0.717, 1.165) is 29.2 Å². The maximum Gasteiger partial charge on any atom is 0.573 e. The third kappa shape index (κ3) is 4.37. The summed E-state index contributed by atoms with van der Waals surface area (Å²) in [5.41, 5.74) is -0.0601. The number of nitrogens with one attached hydrogen (secondary N) is 1. The van der Waals surface area contributed by atoms with Crippen LogP contribution in [0.1, 0.15) is 17.3 Å². The molecule has 130 valence electrons. The molecular weight excluding hydrogens is 333 g/mol. The summed E-state index contributed by atoms with van der Waals surface area (Å²) in [5.74, 6) is -2.08. The molecule has 3 amide bonds. The Balaban J connectivity index is 1.96. The summed E-state index contributed by atoms with van der Waals surface area (Å²) in [6.45, 7) is 1.78. The van der Waals surface area contributed by atoms with Crippen molar-refractivity contribution in [2.24, 2.45) is 0 Å². The number of hydrogen-bond donors (Lipinski definition) is 1. The molecule has 7 nitrogen and oxygen atoms in total. The van der Waals surface area contributed by atoms with E-state index in [-0.39, 0.29) is 12.1 Å². The average Bonchev–Trinajstić information content (AvgIpc) is 2.91. The fourth-order valence-electron chi connectivity index (χ4n) is 1.97. The van der Waals surface area contributed by atoms with E-state index in [1.54, 1.807) is 0 Å². The molecule has 0 aromatic heterocycles. The highest BCUT2D eigenvalue weighted by Gasteiger charge is 2.32. The van der Waals surface area contributed by atoms with Crippen molar-refractivity contribution in [2.75, 3.05) is 13.1 Å². The van der Waals surface area contributed by atoms with Gasteiger partial charge in [0, 0.05) is 13.1 Å². The zero-order valence-corrected chi connectivity index (χ0v) is 12.4. The van der Waals surface area contributed by atoms with E-state index in [9.17, 15) is 27.6 Å². The van der Waals surface area contributed by atoms with Crippen molar-refractivity contribution in [1.82, 2.24) is 10.2 Å². The molecule has 2 rings (SSSR count). The Morgan fingerprint density at radius 3 is 2.38 bits per heavy atom. The third-order valence-corrected chi connectivity index (χ3v) is 3.08. The van der Waals surface area contributed by atoms with Crippen LogP contribution in [-0.4, -0.2) is 48.4 Å². The number of esters is 1. The summed E-state index contributed by atoms with van der Waals surface area (Å²) in [5, 5.41) is 2.44. The van der Waals surface area contributed by atoms with Crippen molar-refractivity contribution < 1.29 is 37.0 Å². The van der Waals surface area contributed by atoms with Gasteiger partial charge < -0.3 is 14.8 Å². The lowest BCUT2D eigenvalue weighted by Gasteiger charge is -2.18. The molecule has 1 aliphatic rings. The standard InChI is InChI=1S/C14H13F3N2O5/c1-8(11(20)19-7-6-18-13(19)22)23-12(21)9-2-4-10(5-3-9)24-14(15,16)17/h2-5,8H,6-7H2,1H3,(H,18,22)/t8-/m0/s1. The maximum atomic E-state index is 12.1. The second kappa shape index (κ2) is 6.77. The van der Waals surface area contributed by atoms with Gasteiger partial charge >= 0.3 is 18.4 Å². The summed E-state index contributed by atoms with van der Waals surface area (Å²) in [6, 6.07) is 3.47. The van der Waals surface area contributed by atoms with Crippen molar-refractivity contribution in [3.05, 3.63) is 29.8 Å². The van der Waals surface area contributed by atoms with Gasteiger partial charge in [-0.25, -0.2) is 9.59 Å². The number of hydrogen-bond acceptors (Lipinski definition) is 5. The van der Waals surface area contributed by atoms with Gasteiger partial charge in [0.25, 0.3) is 5.91 Å². The fourth-order valence-corrected chi connectivity index (χ4v) is 1.97. The van der Waals surface area contributed by atoms with E-state index >= 15 is 0 Å². The number of carbonyl (C=O) groups is 3. The molecule has 1 aromatic rings. The first kappa shape index (κ1) is 17.6. The second-order valence-electron chi connectivity index (χ2n) is 4.84. The van der Waals surface area contributed by atoms with E-state index < -0.39 is 36.1 Å². The van der Waals surface area contributed by atoms with Gasteiger partial charge in [-0.1, -0.05) is 0 Å². The molecule has 1 N–H and O–H groups in total. The Morgan fingerprint density at radius 2 is 1.88 bits per heavy atom. The second-order valence-corrected chi connectivity index (χ2v) is 4.84. The number of carbonyl (C=O) groups excluding carboxylic acids is 3. The molecule has 1 heterocycles. The largest absolute Gasteiger partial charge is 0.573 e. The summed E-state index contributed by atoms with van der Waals surface area (Å²) in [7, 11) is 0. The molecule has 1 atom stereocenters. The Kier molecular flexibility index (Phi) is 4.96. The molecule has 10 heteroatoms. The van der Waals surface area contributed by atoms with E-state index in [4.69, 9.17) is 4.74 Å². The molecular formula is C14H13F3N2O5.